The quantitative estimate of drug-likeness (QED) is 0.834. The second-order valence-electron chi connectivity index (χ2n) is 6.56. The second-order valence-corrected chi connectivity index (χ2v) is 10.9. The molecule has 130 valence electrons. The first kappa shape index (κ1) is 16.9. The predicted molar refractivity (Wildman–Crippen MR) is 87.3 cm³/mol. The number of rotatable bonds is 5. The molecule has 1 aromatic heterocycles. The van der Waals surface area contributed by atoms with Gasteiger partial charge in [0.25, 0.3) is 0 Å². The summed E-state index contributed by atoms with van der Waals surface area (Å²) in [4.78, 5) is 0. The van der Waals surface area contributed by atoms with Gasteiger partial charge in [-0.05, 0) is 37.7 Å². The molecule has 3 rings (SSSR count). The van der Waals surface area contributed by atoms with Crippen LogP contribution in [0.5, 0.6) is 0 Å². The molecule has 0 saturated carbocycles. The van der Waals surface area contributed by atoms with E-state index in [2.05, 4.69) is 10.2 Å². The number of aromatic amines is 1. The Labute approximate surface area is 137 Å². The molecule has 9 heteroatoms. The molecule has 3 heterocycles. The molecule has 2 saturated heterocycles. The number of hydrogen-bond acceptors (Lipinski definition) is 5. The number of sulfonamides is 1. The summed E-state index contributed by atoms with van der Waals surface area (Å²) in [5, 5.41) is 6.90. The van der Waals surface area contributed by atoms with Crippen molar-refractivity contribution in [1.29, 1.82) is 0 Å². The van der Waals surface area contributed by atoms with Crippen LogP contribution >= 0.6 is 0 Å². The summed E-state index contributed by atoms with van der Waals surface area (Å²) in [7, 11) is -6.23. The van der Waals surface area contributed by atoms with E-state index < -0.39 is 19.9 Å². The fraction of sp³-hybridized carbons (Fsp3) is 0.786. The Bertz CT molecular complexity index is 720. The Kier molecular flexibility index (Phi) is 4.80. The average molecular weight is 361 g/mol. The first-order valence-electron chi connectivity index (χ1n) is 8.03. The summed E-state index contributed by atoms with van der Waals surface area (Å²) in [6, 6.07) is 1.94. The van der Waals surface area contributed by atoms with E-state index in [1.807, 2.05) is 6.07 Å². The molecule has 0 spiro atoms. The molecule has 1 aromatic rings. The van der Waals surface area contributed by atoms with Crippen molar-refractivity contribution in [1.82, 2.24) is 14.5 Å². The molecular formula is C14H23N3O4S2. The summed E-state index contributed by atoms with van der Waals surface area (Å²) >= 11 is 0. The first-order valence-corrected chi connectivity index (χ1v) is 11.5. The van der Waals surface area contributed by atoms with Gasteiger partial charge in [-0.15, -0.1) is 0 Å². The van der Waals surface area contributed by atoms with Crippen LogP contribution in [-0.4, -0.2) is 61.7 Å². The third-order valence-corrected chi connectivity index (χ3v) is 8.66. The van der Waals surface area contributed by atoms with Crippen LogP contribution < -0.4 is 0 Å². The van der Waals surface area contributed by atoms with Crippen molar-refractivity contribution in [2.24, 2.45) is 5.92 Å². The average Bonchev–Trinajstić information content (AvgIpc) is 3.15. The molecule has 0 amide bonds. The van der Waals surface area contributed by atoms with Gasteiger partial charge in [0, 0.05) is 30.9 Å². The molecule has 0 aromatic carbocycles. The highest BCUT2D eigenvalue weighted by Crippen LogP contribution is 2.28. The van der Waals surface area contributed by atoms with Crippen LogP contribution in [0.15, 0.2) is 12.3 Å². The van der Waals surface area contributed by atoms with E-state index in [4.69, 9.17) is 0 Å². The Morgan fingerprint density at radius 1 is 1.26 bits per heavy atom. The fourth-order valence-corrected chi connectivity index (χ4v) is 7.05. The molecule has 2 aliphatic rings. The highest BCUT2D eigenvalue weighted by atomic mass is 32.2. The third-order valence-electron chi connectivity index (χ3n) is 4.92. The van der Waals surface area contributed by atoms with Crippen molar-refractivity contribution < 1.29 is 16.8 Å². The van der Waals surface area contributed by atoms with Crippen LogP contribution in [0.25, 0.3) is 0 Å². The summed E-state index contributed by atoms with van der Waals surface area (Å²) in [6.45, 7) is 1.05. The largest absolute Gasteiger partial charge is 0.282 e. The van der Waals surface area contributed by atoms with E-state index in [1.165, 1.54) is 0 Å². The molecule has 1 N–H and O–H groups in total. The monoisotopic (exact) mass is 361 g/mol. The first-order chi connectivity index (χ1) is 10.9. The maximum Gasteiger partial charge on any atom is 0.214 e. The minimum Gasteiger partial charge on any atom is -0.282 e. The minimum atomic E-state index is -3.29. The number of hydrogen-bond donors (Lipinski definition) is 1. The zero-order valence-corrected chi connectivity index (χ0v) is 14.7. The molecule has 7 nitrogen and oxygen atoms in total. The summed E-state index contributed by atoms with van der Waals surface area (Å²) in [5.41, 5.74) is 1.07. The van der Waals surface area contributed by atoms with E-state index in [9.17, 15) is 16.8 Å². The molecule has 23 heavy (non-hydrogen) atoms. The Balaban J connectivity index is 1.51. The van der Waals surface area contributed by atoms with Gasteiger partial charge in [0.05, 0.1) is 17.3 Å². The number of sulfone groups is 1. The van der Waals surface area contributed by atoms with Gasteiger partial charge in [0.1, 0.15) is 0 Å². The molecule has 0 aliphatic carbocycles. The van der Waals surface area contributed by atoms with E-state index in [0.29, 0.717) is 31.8 Å². The molecule has 0 bridgehead atoms. The van der Waals surface area contributed by atoms with Crippen molar-refractivity contribution in [3.8, 4) is 0 Å². The maximum atomic E-state index is 12.5. The Morgan fingerprint density at radius 3 is 2.57 bits per heavy atom. The third kappa shape index (κ3) is 4.13. The molecule has 1 unspecified atom stereocenters. The van der Waals surface area contributed by atoms with E-state index in [-0.39, 0.29) is 23.2 Å². The van der Waals surface area contributed by atoms with Gasteiger partial charge in [0.2, 0.25) is 10.0 Å². The SMILES string of the molecule is O=S1(=O)CCC(CCS(=O)(=O)N2CCC(c3ccn[nH]3)CC2)C1. The lowest BCUT2D eigenvalue weighted by Crippen LogP contribution is -2.39. The summed E-state index contributed by atoms with van der Waals surface area (Å²) < 4.78 is 49.4. The number of nitrogens with zero attached hydrogens (tertiary/aromatic N) is 2. The van der Waals surface area contributed by atoms with Crippen molar-refractivity contribution in [3.05, 3.63) is 18.0 Å². The highest BCUT2D eigenvalue weighted by molar-refractivity contribution is 7.91. The van der Waals surface area contributed by atoms with E-state index in [1.54, 1.807) is 10.5 Å². The van der Waals surface area contributed by atoms with Gasteiger partial charge in [-0.1, -0.05) is 0 Å². The smallest absolute Gasteiger partial charge is 0.214 e. The van der Waals surface area contributed by atoms with E-state index in [0.717, 1.165) is 18.5 Å². The van der Waals surface area contributed by atoms with Gasteiger partial charge in [-0.3, -0.25) is 5.10 Å². The van der Waals surface area contributed by atoms with Gasteiger partial charge < -0.3 is 0 Å². The van der Waals surface area contributed by atoms with Crippen molar-refractivity contribution in [2.45, 2.75) is 31.6 Å². The molecule has 2 aliphatic heterocycles. The summed E-state index contributed by atoms with van der Waals surface area (Å²) in [5.74, 6) is 0.737. The topological polar surface area (TPSA) is 100 Å². The van der Waals surface area contributed by atoms with Crippen LogP contribution in [0.1, 0.15) is 37.3 Å². The van der Waals surface area contributed by atoms with Crippen LogP contribution in [0, 0.1) is 5.92 Å². The van der Waals surface area contributed by atoms with Crippen molar-refractivity contribution in [3.63, 3.8) is 0 Å². The molecule has 1 atom stereocenters. The van der Waals surface area contributed by atoms with Crippen LogP contribution in [0.2, 0.25) is 0 Å². The lowest BCUT2D eigenvalue weighted by atomic mass is 9.95. The lowest BCUT2D eigenvalue weighted by molar-refractivity contribution is 0.315. The van der Waals surface area contributed by atoms with Crippen LogP contribution in [0.3, 0.4) is 0 Å². The highest BCUT2D eigenvalue weighted by Gasteiger charge is 2.32. The lowest BCUT2D eigenvalue weighted by Gasteiger charge is -2.30. The van der Waals surface area contributed by atoms with Gasteiger partial charge in [-0.25, -0.2) is 21.1 Å². The molecular weight excluding hydrogens is 338 g/mol. The number of piperidine rings is 1. The van der Waals surface area contributed by atoms with Crippen molar-refractivity contribution in [2.75, 3.05) is 30.3 Å². The maximum absolute atomic E-state index is 12.5. The summed E-state index contributed by atoms with van der Waals surface area (Å²) in [6.07, 6.45) is 4.34. The molecule has 2 fully saturated rings. The zero-order chi connectivity index (χ0) is 16.5. The number of aromatic nitrogens is 2. The van der Waals surface area contributed by atoms with Crippen molar-refractivity contribution >= 4 is 19.9 Å². The number of H-pyrrole nitrogens is 1. The van der Waals surface area contributed by atoms with Gasteiger partial charge in [-0.2, -0.15) is 5.10 Å². The fourth-order valence-electron chi connectivity index (χ4n) is 3.48. The second kappa shape index (κ2) is 6.52. The molecule has 0 radical (unpaired) electrons. The predicted octanol–water partition coefficient (Wildman–Crippen LogP) is 0.744. The van der Waals surface area contributed by atoms with Crippen LogP contribution in [-0.2, 0) is 19.9 Å². The Hall–Kier alpha value is -0.930. The Morgan fingerprint density at radius 2 is 2.00 bits per heavy atom. The number of nitrogens with one attached hydrogen (secondary N) is 1. The van der Waals surface area contributed by atoms with Gasteiger partial charge >= 0.3 is 0 Å². The minimum absolute atomic E-state index is 0.00249. The van der Waals surface area contributed by atoms with Gasteiger partial charge in [0.15, 0.2) is 9.84 Å². The van der Waals surface area contributed by atoms with Crippen LogP contribution in [0.4, 0.5) is 0 Å². The standard InChI is InChI=1S/C14H23N3O4S2/c18-22(19)9-4-12(11-22)5-10-23(20,21)17-7-2-13(3-8-17)14-1-6-15-16-14/h1,6,12-13H,2-5,7-11H2,(H,15,16). The zero-order valence-electron chi connectivity index (χ0n) is 13.0. The normalized spacial score (nSPS) is 26.5. The van der Waals surface area contributed by atoms with E-state index >= 15 is 0 Å².